The summed E-state index contributed by atoms with van der Waals surface area (Å²) in [4.78, 5) is 14.1. The Hall–Kier alpha value is -0.650. The van der Waals surface area contributed by atoms with Crippen molar-refractivity contribution in [2.24, 2.45) is 0 Å². The van der Waals surface area contributed by atoms with E-state index in [0.717, 1.165) is 39.3 Å². The molecule has 1 unspecified atom stereocenters. The Morgan fingerprint density at radius 1 is 1.47 bits per heavy atom. The van der Waals surface area contributed by atoms with Crippen LogP contribution in [0.5, 0.6) is 0 Å². The molecule has 0 aromatic heterocycles. The van der Waals surface area contributed by atoms with E-state index in [0.29, 0.717) is 6.54 Å². The minimum atomic E-state index is -0.631. The van der Waals surface area contributed by atoms with Crippen molar-refractivity contribution >= 4 is 5.97 Å². The van der Waals surface area contributed by atoms with Crippen LogP contribution in [0.2, 0.25) is 0 Å². The molecule has 1 saturated heterocycles. The number of methoxy groups -OCH3 is 1. The Morgan fingerprint density at radius 2 is 2.24 bits per heavy atom. The van der Waals surface area contributed by atoms with E-state index in [-0.39, 0.29) is 5.97 Å². The molecule has 0 radical (unpaired) electrons. The van der Waals surface area contributed by atoms with E-state index < -0.39 is 5.54 Å². The average molecular weight is 244 g/mol. The van der Waals surface area contributed by atoms with Crippen molar-refractivity contribution in [3.05, 3.63) is 0 Å². The van der Waals surface area contributed by atoms with Gasteiger partial charge < -0.3 is 14.8 Å². The second-order valence-corrected chi connectivity index (χ2v) is 4.60. The highest BCUT2D eigenvalue weighted by Gasteiger charge is 2.35. The maximum atomic E-state index is 11.8. The van der Waals surface area contributed by atoms with Crippen molar-refractivity contribution in [2.75, 3.05) is 46.5 Å². The van der Waals surface area contributed by atoms with Gasteiger partial charge in [-0.1, -0.05) is 6.92 Å². The Morgan fingerprint density at radius 3 is 2.88 bits per heavy atom. The van der Waals surface area contributed by atoms with Gasteiger partial charge >= 0.3 is 5.97 Å². The Bertz CT molecular complexity index is 240. The summed E-state index contributed by atoms with van der Waals surface area (Å²) < 4.78 is 10.3. The van der Waals surface area contributed by atoms with Crippen LogP contribution in [0.3, 0.4) is 0 Å². The quantitative estimate of drug-likeness (QED) is 0.703. The topological polar surface area (TPSA) is 50.8 Å². The molecule has 0 bridgehead atoms. The van der Waals surface area contributed by atoms with Crippen LogP contribution in [0.25, 0.3) is 0 Å². The minimum Gasteiger partial charge on any atom is -0.468 e. The predicted octanol–water partition coefficient (Wildman–Crippen LogP) is 0.250. The zero-order valence-electron chi connectivity index (χ0n) is 11.1. The van der Waals surface area contributed by atoms with Crippen molar-refractivity contribution in [3.63, 3.8) is 0 Å². The molecule has 1 aliphatic heterocycles. The molecule has 1 aliphatic rings. The zero-order valence-corrected chi connectivity index (χ0v) is 11.1. The summed E-state index contributed by atoms with van der Waals surface area (Å²) in [6.45, 7) is 8.69. The van der Waals surface area contributed by atoms with E-state index in [1.807, 2.05) is 13.8 Å². The molecule has 100 valence electrons. The molecular weight excluding hydrogens is 220 g/mol. The lowest BCUT2D eigenvalue weighted by Crippen LogP contribution is -2.57. The van der Waals surface area contributed by atoms with Crippen LogP contribution < -0.4 is 5.32 Å². The molecule has 17 heavy (non-hydrogen) atoms. The van der Waals surface area contributed by atoms with Gasteiger partial charge in [0, 0.05) is 26.2 Å². The molecule has 5 nitrogen and oxygen atoms in total. The number of hydrogen-bond donors (Lipinski definition) is 1. The fourth-order valence-corrected chi connectivity index (χ4v) is 2.21. The van der Waals surface area contributed by atoms with Gasteiger partial charge in [0.2, 0.25) is 0 Å². The van der Waals surface area contributed by atoms with Crippen molar-refractivity contribution in [1.29, 1.82) is 0 Å². The van der Waals surface area contributed by atoms with E-state index in [1.54, 1.807) is 0 Å². The van der Waals surface area contributed by atoms with Crippen molar-refractivity contribution < 1.29 is 14.3 Å². The zero-order chi connectivity index (χ0) is 12.7. The molecule has 0 aromatic carbocycles. The maximum Gasteiger partial charge on any atom is 0.327 e. The summed E-state index contributed by atoms with van der Waals surface area (Å²) >= 11 is 0. The summed E-state index contributed by atoms with van der Waals surface area (Å²) in [5, 5.41) is 3.22. The maximum absolute atomic E-state index is 11.8. The van der Waals surface area contributed by atoms with Crippen molar-refractivity contribution in [2.45, 2.75) is 25.8 Å². The first-order chi connectivity index (χ1) is 8.12. The van der Waals surface area contributed by atoms with Crippen LogP contribution >= 0.6 is 0 Å². The lowest BCUT2D eigenvalue weighted by molar-refractivity contribution is -0.148. The number of carbonyl (C=O) groups is 1. The number of carbonyl (C=O) groups excluding carboxylic acids is 1. The van der Waals surface area contributed by atoms with E-state index in [9.17, 15) is 4.79 Å². The third-order valence-corrected chi connectivity index (χ3v) is 3.06. The van der Waals surface area contributed by atoms with Crippen LogP contribution in [-0.4, -0.2) is 62.9 Å². The number of hydrogen-bond acceptors (Lipinski definition) is 5. The summed E-state index contributed by atoms with van der Waals surface area (Å²) in [5.74, 6) is -0.204. The molecule has 0 aliphatic carbocycles. The fraction of sp³-hybridized carbons (Fsp3) is 0.917. The highest BCUT2D eigenvalue weighted by molar-refractivity contribution is 5.80. The van der Waals surface area contributed by atoms with Gasteiger partial charge in [0.15, 0.2) is 0 Å². The van der Waals surface area contributed by atoms with Gasteiger partial charge in [-0.25, -0.2) is 0 Å². The summed E-state index contributed by atoms with van der Waals surface area (Å²) in [6, 6.07) is 0. The molecule has 1 atom stereocenters. The number of ether oxygens (including phenoxy) is 2. The van der Waals surface area contributed by atoms with Gasteiger partial charge in [0.1, 0.15) is 5.54 Å². The predicted molar refractivity (Wildman–Crippen MR) is 66.0 cm³/mol. The van der Waals surface area contributed by atoms with E-state index in [2.05, 4.69) is 10.2 Å². The van der Waals surface area contributed by atoms with Crippen LogP contribution in [0.1, 0.15) is 20.3 Å². The smallest absolute Gasteiger partial charge is 0.327 e. The Labute approximate surface area is 103 Å². The van der Waals surface area contributed by atoms with E-state index >= 15 is 0 Å². The van der Waals surface area contributed by atoms with Gasteiger partial charge in [-0.05, 0) is 19.9 Å². The van der Waals surface area contributed by atoms with Gasteiger partial charge in [-0.3, -0.25) is 9.69 Å². The second-order valence-electron chi connectivity index (χ2n) is 4.60. The third kappa shape index (κ3) is 4.26. The summed E-state index contributed by atoms with van der Waals surface area (Å²) in [7, 11) is 1.43. The second kappa shape index (κ2) is 6.93. The number of nitrogens with zero attached hydrogens (tertiary/aromatic N) is 1. The summed E-state index contributed by atoms with van der Waals surface area (Å²) in [5.41, 5.74) is -0.631. The first-order valence-corrected chi connectivity index (χ1v) is 6.26. The minimum absolute atomic E-state index is 0.204. The van der Waals surface area contributed by atoms with Crippen LogP contribution in [0.4, 0.5) is 0 Å². The van der Waals surface area contributed by atoms with Gasteiger partial charge in [0.25, 0.3) is 0 Å². The molecule has 0 saturated carbocycles. The molecule has 0 aromatic rings. The van der Waals surface area contributed by atoms with Gasteiger partial charge in [-0.2, -0.15) is 0 Å². The molecule has 5 heteroatoms. The van der Waals surface area contributed by atoms with Crippen LogP contribution in [-0.2, 0) is 14.3 Å². The molecule has 1 heterocycles. The molecule has 0 amide bonds. The Balaban J connectivity index is 2.60. The van der Waals surface area contributed by atoms with Crippen molar-refractivity contribution in [3.8, 4) is 0 Å². The molecular formula is C12H24N2O3. The van der Waals surface area contributed by atoms with Crippen LogP contribution in [0.15, 0.2) is 0 Å². The number of likely N-dealkylation sites (N-methyl/N-ethyl adjacent to an activating group) is 1. The van der Waals surface area contributed by atoms with Crippen molar-refractivity contribution in [1.82, 2.24) is 10.2 Å². The molecule has 1 N–H and O–H groups in total. The normalized spacial score (nSPS) is 21.6. The standard InChI is InChI=1S/C12H24N2O3/c1-4-13-12(2,11(15)16-3)10-14-6-5-8-17-9-7-14/h13H,4-10H2,1-3H3. The SMILES string of the molecule is CCNC(C)(CN1CCCOCC1)C(=O)OC. The monoisotopic (exact) mass is 244 g/mol. The highest BCUT2D eigenvalue weighted by Crippen LogP contribution is 2.11. The van der Waals surface area contributed by atoms with E-state index in [1.165, 1.54) is 7.11 Å². The number of rotatable bonds is 5. The number of esters is 1. The lowest BCUT2D eigenvalue weighted by Gasteiger charge is -2.33. The average Bonchev–Trinajstić information content (AvgIpc) is 2.56. The molecule has 0 spiro atoms. The first kappa shape index (κ1) is 14.4. The summed E-state index contributed by atoms with van der Waals surface area (Å²) in [6.07, 6.45) is 1.02. The Kier molecular flexibility index (Phi) is 5.88. The van der Waals surface area contributed by atoms with E-state index in [4.69, 9.17) is 9.47 Å². The first-order valence-electron chi connectivity index (χ1n) is 6.26. The lowest BCUT2D eigenvalue weighted by atomic mass is 10.0. The molecule has 1 rings (SSSR count). The van der Waals surface area contributed by atoms with Gasteiger partial charge in [-0.15, -0.1) is 0 Å². The van der Waals surface area contributed by atoms with Gasteiger partial charge in [0.05, 0.1) is 13.7 Å². The highest BCUT2D eigenvalue weighted by atomic mass is 16.5. The fourth-order valence-electron chi connectivity index (χ4n) is 2.21. The third-order valence-electron chi connectivity index (χ3n) is 3.06. The van der Waals surface area contributed by atoms with Crippen LogP contribution in [0, 0.1) is 0 Å². The number of nitrogens with one attached hydrogen (secondary N) is 1. The molecule has 1 fully saturated rings. The largest absolute Gasteiger partial charge is 0.468 e.